The molecule has 2 amide bonds. The molecule has 0 aliphatic carbocycles. The Morgan fingerprint density at radius 3 is 2.52 bits per heavy atom. The van der Waals surface area contributed by atoms with Crippen molar-refractivity contribution in [2.45, 2.75) is 18.9 Å². The molecule has 2 rings (SSSR count). The molecule has 114 valence electrons. The first-order chi connectivity index (χ1) is 10.1. The number of benzene rings is 1. The number of nitrogens with zero attached hydrogens (tertiary/aromatic N) is 1. The summed E-state index contributed by atoms with van der Waals surface area (Å²) in [5, 5.41) is 1.93. The minimum Gasteiger partial charge on any atom is -0.493 e. The molecule has 0 spiro atoms. The number of likely N-dealkylation sites (tertiary alicyclic amines) is 1. The second kappa shape index (κ2) is 6.58. The van der Waals surface area contributed by atoms with E-state index >= 15 is 0 Å². The van der Waals surface area contributed by atoms with E-state index in [-0.39, 0.29) is 17.9 Å². The molecule has 0 saturated carbocycles. The van der Waals surface area contributed by atoms with E-state index in [2.05, 4.69) is 0 Å². The van der Waals surface area contributed by atoms with E-state index in [0.717, 1.165) is 18.5 Å². The number of methoxy groups -OCH3 is 2. The summed E-state index contributed by atoms with van der Waals surface area (Å²) in [6.45, 7) is 0.743. The van der Waals surface area contributed by atoms with Crippen LogP contribution in [0.5, 0.6) is 11.5 Å². The highest BCUT2D eigenvalue weighted by Crippen LogP contribution is 2.27. The van der Waals surface area contributed by atoms with Gasteiger partial charge in [0.05, 0.1) is 27.2 Å². The van der Waals surface area contributed by atoms with Gasteiger partial charge in [0.2, 0.25) is 5.91 Å². The summed E-state index contributed by atoms with van der Waals surface area (Å²) in [4.78, 5) is 24.4. The molecule has 21 heavy (non-hydrogen) atoms. The fraction of sp³-hybridized carbons (Fsp3) is 0.467. The molecule has 0 aromatic heterocycles. The lowest BCUT2D eigenvalue weighted by molar-refractivity contribution is -0.674. The summed E-state index contributed by atoms with van der Waals surface area (Å²) < 4.78 is 10.5. The van der Waals surface area contributed by atoms with Gasteiger partial charge in [0.25, 0.3) is 5.91 Å². The monoisotopic (exact) mass is 293 g/mol. The first-order valence-electron chi connectivity index (χ1n) is 6.91. The largest absolute Gasteiger partial charge is 0.493 e. The van der Waals surface area contributed by atoms with Gasteiger partial charge >= 0.3 is 0 Å². The van der Waals surface area contributed by atoms with Crippen LogP contribution in [0.25, 0.3) is 0 Å². The van der Waals surface area contributed by atoms with Crippen LogP contribution in [0.4, 0.5) is 0 Å². The maximum atomic E-state index is 11.8. The van der Waals surface area contributed by atoms with Gasteiger partial charge in [-0.15, -0.1) is 0 Å². The number of carbonyl (C=O) groups excluding carboxylic acids is 2. The second-order valence-corrected chi connectivity index (χ2v) is 5.07. The summed E-state index contributed by atoms with van der Waals surface area (Å²) in [7, 11) is 4.74. The molecule has 1 aliphatic heterocycles. The Labute approximate surface area is 124 Å². The van der Waals surface area contributed by atoms with E-state index < -0.39 is 0 Å². The fourth-order valence-electron chi connectivity index (χ4n) is 2.46. The van der Waals surface area contributed by atoms with E-state index in [1.165, 1.54) is 11.9 Å². The number of hydrogen-bond donors (Lipinski definition) is 1. The highest BCUT2D eigenvalue weighted by Gasteiger charge is 2.38. The van der Waals surface area contributed by atoms with Crippen LogP contribution < -0.4 is 14.8 Å². The van der Waals surface area contributed by atoms with Crippen LogP contribution in [-0.2, 0) is 16.0 Å². The Kier molecular flexibility index (Phi) is 4.80. The topological polar surface area (TPSA) is 72.5 Å². The SMILES string of the molecule is COc1ccc(CC[NH2+]C2CC(=O)N(C)C2=O)cc1OC. The molecule has 6 nitrogen and oxygen atoms in total. The molecule has 0 radical (unpaired) electrons. The number of carbonyl (C=O) groups is 2. The maximum Gasteiger partial charge on any atom is 0.287 e. The molecule has 1 aromatic carbocycles. The van der Waals surface area contributed by atoms with Crippen LogP contribution >= 0.6 is 0 Å². The zero-order valence-electron chi connectivity index (χ0n) is 12.6. The summed E-state index contributed by atoms with van der Waals surface area (Å²) >= 11 is 0. The number of ether oxygens (including phenoxy) is 2. The minimum atomic E-state index is -0.275. The van der Waals surface area contributed by atoms with E-state index in [1.54, 1.807) is 14.2 Å². The first-order valence-corrected chi connectivity index (χ1v) is 6.91. The van der Waals surface area contributed by atoms with Gasteiger partial charge in [-0.3, -0.25) is 14.5 Å². The molecule has 1 heterocycles. The molecule has 1 aliphatic rings. The van der Waals surface area contributed by atoms with Crippen molar-refractivity contribution in [1.82, 2.24) is 4.90 Å². The van der Waals surface area contributed by atoms with Gasteiger partial charge in [-0.25, -0.2) is 0 Å². The lowest BCUT2D eigenvalue weighted by Gasteiger charge is -2.10. The van der Waals surface area contributed by atoms with E-state index in [4.69, 9.17) is 9.47 Å². The fourth-order valence-corrected chi connectivity index (χ4v) is 2.46. The highest BCUT2D eigenvalue weighted by molar-refractivity contribution is 6.04. The van der Waals surface area contributed by atoms with E-state index in [1.807, 2.05) is 23.5 Å². The zero-order valence-corrected chi connectivity index (χ0v) is 12.6. The lowest BCUT2D eigenvalue weighted by atomic mass is 10.1. The predicted molar refractivity (Wildman–Crippen MR) is 76.2 cm³/mol. The van der Waals surface area contributed by atoms with E-state index in [9.17, 15) is 9.59 Å². The number of rotatable bonds is 6. The molecule has 1 fully saturated rings. The van der Waals surface area contributed by atoms with Crippen molar-refractivity contribution < 1.29 is 24.4 Å². The quantitative estimate of drug-likeness (QED) is 0.722. The van der Waals surface area contributed by atoms with Crippen molar-refractivity contribution in [3.63, 3.8) is 0 Å². The van der Waals surface area contributed by atoms with Crippen LogP contribution in [0, 0.1) is 0 Å². The number of amides is 2. The molecule has 0 bridgehead atoms. The van der Waals surface area contributed by atoms with Crippen LogP contribution in [0.15, 0.2) is 18.2 Å². The Balaban J connectivity index is 1.89. The van der Waals surface area contributed by atoms with Crippen LogP contribution in [-0.4, -0.2) is 50.6 Å². The molecule has 1 saturated heterocycles. The Bertz CT molecular complexity index is 544. The molecule has 6 heteroatoms. The van der Waals surface area contributed by atoms with Gasteiger partial charge in [0, 0.05) is 13.5 Å². The number of nitrogens with two attached hydrogens (primary N) is 1. The van der Waals surface area contributed by atoms with Gasteiger partial charge in [-0.05, 0) is 17.7 Å². The third kappa shape index (κ3) is 3.33. The minimum absolute atomic E-state index is 0.104. The highest BCUT2D eigenvalue weighted by atomic mass is 16.5. The number of imide groups is 1. The van der Waals surface area contributed by atoms with E-state index in [0.29, 0.717) is 17.9 Å². The molecule has 2 N–H and O–H groups in total. The predicted octanol–water partition coefficient (Wildman–Crippen LogP) is -0.433. The Morgan fingerprint density at radius 2 is 1.95 bits per heavy atom. The van der Waals surface area contributed by atoms with Crippen LogP contribution in [0.2, 0.25) is 0 Å². The average Bonchev–Trinajstić information content (AvgIpc) is 2.74. The molecule has 1 atom stereocenters. The standard InChI is InChI=1S/C15H20N2O4/c1-17-14(18)9-11(15(17)19)16-7-6-10-4-5-12(20-2)13(8-10)21-3/h4-5,8,11,16H,6-7,9H2,1-3H3/p+1. The Morgan fingerprint density at radius 1 is 1.24 bits per heavy atom. The van der Waals surface area contributed by atoms with Gasteiger partial charge < -0.3 is 14.8 Å². The van der Waals surface area contributed by atoms with Crippen molar-refractivity contribution in [3.05, 3.63) is 23.8 Å². The second-order valence-electron chi connectivity index (χ2n) is 5.07. The van der Waals surface area contributed by atoms with Gasteiger partial charge in [-0.2, -0.15) is 0 Å². The molecular weight excluding hydrogens is 272 g/mol. The number of likely N-dealkylation sites (N-methyl/N-ethyl adjacent to an activating group) is 1. The Hall–Kier alpha value is -2.08. The van der Waals surface area contributed by atoms with Crippen molar-refractivity contribution in [1.29, 1.82) is 0 Å². The maximum absolute atomic E-state index is 11.8. The molecule has 1 unspecified atom stereocenters. The summed E-state index contributed by atoms with van der Waals surface area (Å²) in [6, 6.07) is 5.50. The van der Waals surface area contributed by atoms with Gasteiger partial charge in [0.1, 0.15) is 0 Å². The third-order valence-corrected chi connectivity index (χ3v) is 3.75. The van der Waals surface area contributed by atoms with Crippen LogP contribution in [0.3, 0.4) is 0 Å². The van der Waals surface area contributed by atoms with Crippen molar-refractivity contribution in [2.75, 3.05) is 27.8 Å². The van der Waals surface area contributed by atoms with Gasteiger partial charge in [-0.1, -0.05) is 6.07 Å². The molecular formula is C15H21N2O4+. The smallest absolute Gasteiger partial charge is 0.287 e. The summed E-state index contributed by atoms with van der Waals surface area (Å²) in [5.74, 6) is 1.19. The van der Waals surface area contributed by atoms with Crippen LogP contribution in [0.1, 0.15) is 12.0 Å². The number of quaternary nitrogens is 1. The first kappa shape index (κ1) is 15.3. The lowest BCUT2D eigenvalue weighted by Crippen LogP contribution is -2.91. The number of hydrogen-bond acceptors (Lipinski definition) is 4. The average molecular weight is 293 g/mol. The summed E-state index contributed by atoms with van der Waals surface area (Å²) in [5.41, 5.74) is 1.11. The van der Waals surface area contributed by atoms with Crippen molar-refractivity contribution >= 4 is 11.8 Å². The normalized spacial score (nSPS) is 18.2. The molecule has 1 aromatic rings. The zero-order chi connectivity index (χ0) is 15.4. The third-order valence-electron chi connectivity index (χ3n) is 3.75. The van der Waals surface area contributed by atoms with Crippen molar-refractivity contribution in [2.24, 2.45) is 0 Å². The summed E-state index contributed by atoms with van der Waals surface area (Å²) in [6.07, 6.45) is 1.09. The van der Waals surface area contributed by atoms with Crippen molar-refractivity contribution in [3.8, 4) is 11.5 Å². The van der Waals surface area contributed by atoms with Gasteiger partial charge in [0.15, 0.2) is 17.5 Å².